The molecular formula is C19H17N3O2. The standard InChI is InChI=1S/C19H17N3O2/c20-13-14-5-3-8-17(11-14)21-18(23)15-6-4-7-16(12-15)19(24)22-9-1-2-10-22/h3-8,11-12H,1-2,9-10H2,(H,21,23). The Bertz CT molecular complexity index is 817. The molecule has 0 bridgehead atoms. The molecule has 0 aliphatic carbocycles. The first-order valence-electron chi connectivity index (χ1n) is 7.88. The summed E-state index contributed by atoms with van der Waals surface area (Å²) < 4.78 is 0. The molecule has 5 heteroatoms. The van der Waals surface area contributed by atoms with Gasteiger partial charge in [-0.2, -0.15) is 5.26 Å². The van der Waals surface area contributed by atoms with Crippen LogP contribution in [0, 0.1) is 11.3 Å². The van der Waals surface area contributed by atoms with Gasteiger partial charge in [-0.15, -0.1) is 0 Å². The summed E-state index contributed by atoms with van der Waals surface area (Å²) in [4.78, 5) is 26.6. The zero-order chi connectivity index (χ0) is 16.9. The third-order valence-electron chi connectivity index (χ3n) is 4.01. The van der Waals surface area contributed by atoms with E-state index in [0.717, 1.165) is 25.9 Å². The SMILES string of the molecule is N#Cc1cccc(NC(=O)c2cccc(C(=O)N3CCCC3)c2)c1. The van der Waals surface area contributed by atoms with Crippen LogP contribution >= 0.6 is 0 Å². The molecule has 0 atom stereocenters. The van der Waals surface area contributed by atoms with E-state index in [1.807, 2.05) is 11.0 Å². The van der Waals surface area contributed by atoms with E-state index >= 15 is 0 Å². The molecule has 2 aromatic carbocycles. The molecule has 0 unspecified atom stereocenters. The highest BCUT2D eigenvalue weighted by atomic mass is 16.2. The second-order valence-corrected chi connectivity index (χ2v) is 5.73. The molecule has 0 saturated carbocycles. The van der Waals surface area contributed by atoms with Crippen LogP contribution in [0.3, 0.4) is 0 Å². The second-order valence-electron chi connectivity index (χ2n) is 5.73. The smallest absolute Gasteiger partial charge is 0.255 e. The van der Waals surface area contributed by atoms with Crippen LogP contribution in [0.1, 0.15) is 39.1 Å². The van der Waals surface area contributed by atoms with E-state index < -0.39 is 0 Å². The number of hydrogen-bond acceptors (Lipinski definition) is 3. The number of likely N-dealkylation sites (tertiary alicyclic amines) is 1. The average molecular weight is 319 g/mol. The van der Waals surface area contributed by atoms with Crippen molar-refractivity contribution in [3.8, 4) is 6.07 Å². The van der Waals surface area contributed by atoms with E-state index in [2.05, 4.69) is 5.32 Å². The van der Waals surface area contributed by atoms with Gasteiger partial charge in [-0.05, 0) is 49.2 Å². The molecule has 5 nitrogen and oxygen atoms in total. The van der Waals surface area contributed by atoms with Gasteiger partial charge in [0.1, 0.15) is 0 Å². The fourth-order valence-electron chi connectivity index (χ4n) is 2.77. The lowest BCUT2D eigenvalue weighted by Gasteiger charge is -2.15. The van der Waals surface area contributed by atoms with Crippen molar-refractivity contribution < 1.29 is 9.59 Å². The molecule has 1 heterocycles. The van der Waals surface area contributed by atoms with E-state index in [0.29, 0.717) is 22.4 Å². The lowest BCUT2D eigenvalue weighted by atomic mass is 10.1. The Morgan fingerprint density at radius 3 is 2.46 bits per heavy atom. The molecular weight excluding hydrogens is 302 g/mol. The fraction of sp³-hybridized carbons (Fsp3) is 0.211. The minimum absolute atomic E-state index is 0.0337. The van der Waals surface area contributed by atoms with Gasteiger partial charge in [0.05, 0.1) is 11.6 Å². The van der Waals surface area contributed by atoms with Gasteiger partial charge >= 0.3 is 0 Å². The first-order chi connectivity index (χ1) is 11.7. The summed E-state index contributed by atoms with van der Waals surface area (Å²) in [5.41, 5.74) is 1.97. The summed E-state index contributed by atoms with van der Waals surface area (Å²) in [6.07, 6.45) is 2.06. The van der Waals surface area contributed by atoms with Crippen LogP contribution < -0.4 is 5.32 Å². The Morgan fingerprint density at radius 1 is 1.00 bits per heavy atom. The summed E-state index contributed by atoms with van der Waals surface area (Å²) in [7, 11) is 0. The molecule has 3 rings (SSSR count). The molecule has 1 N–H and O–H groups in total. The topological polar surface area (TPSA) is 73.2 Å². The van der Waals surface area contributed by atoms with Crippen molar-refractivity contribution in [2.24, 2.45) is 0 Å². The van der Waals surface area contributed by atoms with Crippen LogP contribution in [0.4, 0.5) is 5.69 Å². The number of carbonyl (C=O) groups is 2. The van der Waals surface area contributed by atoms with E-state index in [1.54, 1.807) is 48.5 Å². The van der Waals surface area contributed by atoms with Crippen molar-refractivity contribution in [2.75, 3.05) is 18.4 Å². The number of nitrogens with one attached hydrogen (secondary N) is 1. The summed E-state index contributed by atoms with van der Waals surface area (Å²) in [6.45, 7) is 1.55. The van der Waals surface area contributed by atoms with Crippen molar-refractivity contribution in [2.45, 2.75) is 12.8 Å². The highest BCUT2D eigenvalue weighted by molar-refractivity contribution is 6.06. The third-order valence-corrected chi connectivity index (χ3v) is 4.01. The molecule has 0 radical (unpaired) electrons. The second kappa shape index (κ2) is 6.97. The van der Waals surface area contributed by atoms with E-state index in [9.17, 15) is 9.59 Å². The average Bonchev–Trinajstić information content (AvgIpc) is 3.16. The van der Waals surface area contributed by atoms with Crippen molar-refractivity contribution in [1.29, 1.82) is 5.26 Å². The monoisotopic (exact) mass is 319 g/mol. The van der Waals surface area contributed by atoms with Gasteiger partial charge in [0, 0.05) is 29.9 Å². The molecule has 120 valence electrons. The van der Waals surface area contributed by atoms with Gasteiger partial charge in [-0.25, -0.2) is 0 Å². The van der Waals surface area contributed by atoms with Gasteiger partial charge in [-0.1, -0.05) is 12.1 Å². The third kappa shape index (κ3) is 3.44. The Kier molecular flexibility index (Phi) is 4.57. The molecule has 1 aliphatic heterocycles. The lowest BCUT2D eigenvalue weighted by Crippen LogP contribution is -2.27. The van der Waals surface area contributed by atoms with Crippen LogP contribution in [-0.2, 0) is 0 Å². The molecule has 2 aromatic rings. The van der Waals surface area contributed by atoms with Crippen molar-refractivity contribution in [1.82, 2.24) is 4.90 Å². The van der Waals surface area contributed by atoms with Gasteiger partial charge in [0.25, 0.3) is 11.8 Å². The quantitative estimate of drug-likeness (QED) is 0.945. The summed E-state index contributed by atoms with van der Waals surface area (Å²) in [5.74, 6) is -0.338. The predicted octanol–water partition coefficient (Wildman–Crippen LogP) is 3.05. The number of benzene rings is 2. The van der Waals surface area contributed by atoms with E-state index in [1.165, 1.54) is 0 Å². The van der Waals surface area contributed by atoms with E-state index in [-0.39, 0.29) is 11.8 Å². The molecule has 1 saturated heterocycles. The lowest BCUT2D eigenvalue weighted by molar-refractivity contribution is 0.0793. The minimum Gasteiger partial charge on any atom is -0.339 e. The molecule has 0 aromatic heterocycles. The number of carbonyl (C=O) groups excluding carboxylic acids is 2. The molecule has 24 heavy (non-hydrogen) atoms. The number of amides is 2. The maximum absolute atomic E-state index is 12.4. The number of rotatable bonds is 3. The molecule has 1 fully saturated rings. The first-order valence-corrected chi connectivity index (χ1v) is 7.88. The molecule has 0 spiro atoms. The summed E-state index contributed by atoms with van der Waals surface area (Å²) >= 11 is 0. The van der Waals surface area contributed by atoms with Crippen molar-refractivity contribution in [3.05, 3.63) is 65.2 Å². The Balaban J connectivity index is 1.76. The largest absolute Gasteiger partial charge is 0.339 e. The number of nitrogens with zero attached hydrogens (tertiary/aromatic N) is 2. The predicted molar refractivity (Wildman–Crippen MR) is 90.7 cm³/mol. The first kappa shape index (κ1) is 15.8. The maximum Gasteiger partial charge on any atom is 0.255 e. The van der Waals surface area contributed by atoms with Crippen molar-refractivity contribution in [3.63, 3.8) is 0 Å². The number of nitriles is 1. The van der Waals surface area contributed by atoms with Gasteiger partial charge < -0.3 is 10.2 Å². The summed E-state index contributed by atoms with van der Waals surface area (Å²) in [5, 5.41) is 11.7. The number of anilines is 1. The highest BCUT2D eigenvalue weighted by Gasteiger charge is 2.20. The van der Waals surface area contributed by atoms with Crippen molar-refractivity contribution >= 4 is 17.5 Å². The van der Waals surface area contributed by atoms with Gasteiger partial charge in [0.2, 0.25) is 0 Å². The number of hydrogen-bond donors (Lipinski definition) is 1. The van der Waals surface area contributed by atoms with Crippen LogP contribution in [0.15, 0.2) is 48.5 Å². The molecule has 1 aliphatic rings. The van der Waals surface area contributed by atoms with Gasteiger partial charge in [0.15, 0.2) is 0 Å². The highest BCUT2D eigenvalue weighted by Crippen LogP contribution is 2.16. The fourth-order valence-corrected chi connectivity index (χ4v) is 2.77. The van der Waals surface area contributed by atoms with E-state index in [4.69, 9.17) is 5.26 Å². The summed E-state index contributed by atoms with van der Waals surface area (Å²) in [6, 6.07) is 15.5. The van der Waals surface area contributed by atoms with Crippen LogP contribution in [0.2, 0.25) is 0 Å². The van der Waals surface area contributed by atoms with Crippen LogP contribution in [-0.4, -0.2) is 29.8 Å². The zero-order valence-electron chi connectivity index (χ0n) is 13.2. The van der Waals surface area contributed by atoms with Crippen LogP contribution in [0.5, 0.6) is 0 Å². The normalized spacial score (nSPS) is 13.4. The van der Waals surface area contributed by atoms with Crippen LogP contribution in [0.25, 0.3) is 0 Å². The molecule has 2 amide bonds. The minimum atomic E-state index is -0.304. The Labute approximate surface area is 140 Å². The Morgan fingerprint density at radius 2 is 1.71 bits per heavy atom. The maximum atomic E-state index is 12.4. The Hall–Kier alpha value is -3.13. The zero-order valence-corrected chi connectivity index (χ0v) is 13.2. The van der Waals surface area contributed by atoms with Gasteiger partial charge in [-0.3, -0.25) is 9.59 Å².